The lowest BCUT2D eigenvalue weighted by Crippen LogP contribution is -2.15. The summed E-state index contributed by atoms with van der Waals surface area (Å²) >= 11 is 0. The molecule has 0 bridgehead atoms. The first kappa shape index (κ1) is 19.6. The van der Waals surface area contributed by atoms with Crippen LogP contribution < -0.4 is 9.47 Å². The van der Waals surface area contributed by atoms with Crippen LogP contribution in [0.2, 0.25) is 0 Å². The number of rotatable bonds is 6. The number of phenolic OH excluding ortho intramolecular Hbond substituents is 1. The molecule has 3 nitrogen and oxygen atoms in total. The maximum atomic E-state index is 10.2. The van der Waals surface area contributed by atoms with Crippen LogP contribution >= 0.6 is 0 Å². The van der Waals surface area contributed by atoms with Crippen LogP contribution in [0.25, 0.3) is 11.1 Å². The summed E-state index contributed by atoms with van der Waals surface area (Å²) in [6.45, 7) is 4.05. The van der Waals surface area contributed by atoms with Crippen molar-refractivity contribution in [2.24, 2.45) is 0 Å². The highest BCUT2D eigenvalue weighted by atomic mass is 16.7. The number of benzene rings is 4. The molecule has 0 heterocycles. The van der Waals surface area contributed by atoms with Gasteiger partial charge in [0.1, 0.15) is 17.2 Å². The van der Waals surface area contributed by atoms with E-state index in [1.807, 2.05) is 105 Å². The van der Waals surface area contributed by atoms with Crippen molar-refractivity contribution in [3.8, 4) is 28.4 Å². The molecule has 30 heavy (non-hydrogen) atoms. The molecule has 0 aliphatic rings. The van der Waals surface area contributed by atoms with Crippen LogP contribution in [-0.2, 0) is 0 Å². The van der Waals surface area contributed by atoms with Crippen molar-refractivity contribution in [2.75, 3.05) is 0 Å². The molecule has 3 heteroatoms. The van der Waals surface area contributed by atoms with Gasteiger partial charge in [0.05, 0.1) is 0 Å². The highest BCUT2D eigenvalue weighted by Crippen LogP contribution is 2.32. The quantitative estimate of drug-likeness (QED) is 0.363. The molecular weight excluding hydrogens is 372 g/mol. The van der Waals surface area contributed by atoms with Crippen LogP contribution in [-0.4, -0.2) is 5.11 Å². The SMILES string of the molecule is Cc1ccc(OC(Oc2ccc(-c3cc(C)ccc3O)cc2)c2ccccc2)cc1. The zero-order chi connectivity index (χ0) is 20.9. The van der Waals surface area contributed by atoms with E-state index in [2.05, 4.69) is 0 Å². The number of aromatic hydroxyl groups is 1. The largest absolute Gasteiger partial charge is 0.507 e. The second kappa shape index (κ2) is 8.75. The number of hydrogen-bond acceptors (Lipinski definition) is 3. The van der Waals surface area contributed by atoms with Crippen LogP contribution in [0.3, 0.4) is 0 Å². The summed E-state index contributed by atoms with van der Waals surface area (Å²) < 4.78 is 12.3. The summed E-state index contributed by atoms with van der Waals surface area (Å²) in [5.41, 5.74) is 4.93. The summed E-state index contributed by atoms with van der Waals surface area (Å²) in [6.07, 6.45) is -0.577. The fourth-order valence-electron chi connectivity index (χ4n) is 3.23. The van der Waals surface area contributed by atoms with Crippen molar-refractivity contribution in [3.63, 3.8) is 0 Å². The van der Waals surface area contributed by atoms with Gasteiger partial charge in [0.15, 0.2) is 0 Å². The smallest absolute Gasteiger partial charge is 0.267 e. The van der Waals surface area contributed by atoms with Crippen molar-refractivity contribution >= 4 is 0 Å². The summed E-state index contributed by atoms with van der Waals surface area (Å²) in [5.74, 6) is 1.70. The lowest BCUT2D eigenvalue weighted by Gasteiger charge is -2.21. The van der Waals surface area contributed by atoms with Gasteiger partial charge >= 0.3 is 0 Å². The second-order valence-electron chi connectivity index (χ2n) is 7.34. The van der Waals surface area contributed by atoms with Gasteiger partial charge in [-0.25, -0.2) is 0 Å². The van der Waals surface area contributed by atoms with Gasteiger partial charge in [0.25, 0.3) is 6.29 Å². The van der Waals surface area contributed by atoms with Crippen LogP contribution in [0, 0.1) is 13.8 Å². The van der Waals surface area contributed by atoms with E-state index in [1.165, 1.54) is 5.56 Å². The van der Waals surface area contributed by atoms with Crippen molar-refractivity contribution < 1.29 is 14.6 Å². The van der Waals surface area contributed by atoms with E-state index >= 15 is 0 Å². The van der Waals surface area contributed by atoms with Crippen LogP contribution in [0.15, 0.2) is 97.1 Å². The zero-order valence-corrected chi connectivity index (χ0v) is 17.1. The monoisotopic (exact) mass is 396 g/mol. The maximum absolute atomic E-state index is 10.2. The van der Waals surface area contributed by atoms with Crippen molar-refractivity contribution in [1.82, 2.24) is 0 Å². The Morgan fingerprint density at radius 3 is 1.83 bits per heavy atom. The maximum Gasteiger partial charge on any atom is 0.267 e. The molecule has 1 atom stereocenters. The van der Waals surface area contributed by atoms with Crippen molar-refractivity contribution in [3.05, 3.63) is 114 Å². The molecule has 0 fully saturated rings. The first-order chi connectivity index (χ1) is 14.6. The fourth-order valence-corrected chi connectivity index (χ4v) is 3.23. The molecule has 0 saturated carbocycles. The predicted molar refractivity (Wildman–Crippen MR) is 120 cm³/mol. The van der Waals surface area contributed by atoms with Gasteiger partial charge < -0.3 is 14.6 Å². The summed E-state index contributed by atoms with van der Waals surface area (Å²) in [4.78, 5) is 0. The molecule has 4 aromatic rings. The van der Waals surface area contributed by atoms with Gasteiger partial charge in [-0.05, 0) is 55.8 Å². The first-order valence-corrected chi connectivity index (χ1v) is 9.93. The summed E-state index contributed by atoms with van der Waals surface area (Å²) in [7, 11) is 0. The minimum Gasteiger partial charge on any atom is -0.507 e. The number of hydrogen-bond donors (Lipinski definition) is 1. The van der Waals surface area contributed by atoms with Gasteiger partial charge in [0, 0.05) is 11.1 Å². The number of aryl methyl sites for hydroxylation is 2. The van der Waals surface area contributed by atoms with Gasteiger partial charge in [-0.3, -0.25) is 0 Å². The third kappa shape index (κ3) is 4.64. The average molecular weight is 396 g/mol. The van der Waals surface area contributed by atoms with Gasteiger partial charge in [-0.1, -0.05) is 71.8 Å². The van der Waals surface area contributed by atoms with Crippen LogP contribution in [0.5, 0.6) is 17.2 Å². The zero-order valence-electron chi connectivity index (χ0n) is 17.1. The number of phenols is 1. The highest BCUT2D eigenvalue weighted by molar-refractivity contribution is 5.71. The van der Waals surface area contributed by atoms with E-state index in [0.29, 0.717) is 5.75 Å². The molecule has 0 radical (unpaired) electrons. The number of ether oxygens (including phenoxy) is 2. The van der Waals surface area contributed by atoms with Crippen LogP contribution in [0.4, 0.5) is 0 Å². The summed E-state index contributed by atoms with van der Waals surface area (Å²) in [6, 6.07) is 31.0. The Balaban J connectivity index is 1.58. The molecule has 0 saturated heterocycles. The molecular formula is C27H24O3. The van der Waals surface area contributed by atoms with Gasteiger partial charge in [0.2, 0.25) is 0 Å². The fraction of sp³-hybridized carbons (Fsp3) is 0.111. The second-order valence-corrected chi connectivity index (χ2v) is 7.34. The van der Waals surface area contributed by atoms with Crippen LogP contribution in [0.1, 0.15) is 23.0 Å². The summed E-state index contributed by atoms with van der Waals surface area (Å²) in [5, 5.41) is 10.2. The first-order valence-electron chi connectivity index (χ1n) is 9.93. The van der Waals surface area contributed by atoms with Crippen molar-refractivity contribution in [2.45, 2.75) is 20.1 Å². The van der Waals surface area contributed by atoms with E-state index in [4.69, 9.17) is 9.47 Å². The molecule has 0 spiro atoms. The van der Waals surface area contributed by atoms with E-state index < -0.39 is 6.29 Å². The lowest BCUT2D eigenvalue weighted by atomic mass is 10.0. The molecule has 1 unspecified atom stereocenters. The molecule has 4 aromatic carbocycles. The predicted octanol–water partition coefficient (Wildman–Crippen LogP) is 6.83. The Kier molecular flexibility index (Phi) is 5.71. The lowest BCUT2D eigenvalue weighted by molar-refractivity contribution is 0.00381. The van der Waals surface area contributed by atoms with E-state index in [1.54, 1.807) is 6.07 Å². The minimum atomic E-state index is -0.577. The molecule has 0 aliphatic heterocycles. The minimum absolute atomic E-state index is 0.263. The van der Waals surface area contributed by atoms with Gasteiger partial charge in [-0.2, -0.15) is 0 Å². The molecule has 1 N–H and O–H groups in total. The Morgan fingerprint density at radius 2 is 1.20 bits per heavy atom. The Bertz CT molecular complexity index is 1100. The molecule has 0 aromatic heterocycles. The highest BCUT2D eigenvalue weighted by Gasteiger charge is 2.16. The molecule has 0 aliphatic carbocycles. The normalized spacial score (nSPS) is 11.7. The Morgan fingerprint density at radius 1 is 0.633 bits per heavy atom. The Labute approximate surface area is 177 Å². The van der Waals surface area contributed by atoms with E-state index in [9.17, 15) is 5.11 Å². The Hall–Kier alpha value is -3.72. The third-order valence-electron chi connectivity index (χ3n) is 4.90. The molecule has 150 valence electrons. The third-order valence-corrected chi connectivity index (χ3v) is 4.90. The molecule has 4 rings (SSSR count). The van der Waals surface area contributed by atoms with E-state index in [-0.39, 0.29) is 5.75 Å². The molecule has 0 amide bonds. The van der Waals surface area contributed by atoms with E-state index in [0.717, 1.165) is 28.0 Å². The topological polar surface area (TPSA) is 38.7 Å². The van der Waals surface area contributed by atoms with Crippen molar-refractivity contribution in [1.29, 1.82) is 0 Å². The average Bonchev–Trinajstić information content (AvgIpc) is 2.78. The standard InChI is InChI=1S/C27H24O3/c1-19-8-13-23(14-9-19)29-27(22-6-4-3-5-7-22)30-24-15-11-21(12-16-24)25-18-20(2)10-17-26(25)28/h3-18,27-28H,1-2H3. The van der Waals surface area contributed by atoms with Gasteiger partial charge in [-0.15, -0.1) is 0 Å².